The van der Waals surface area contributed by atoms with Crippen LogP contribution < -0.4 is 14.6 Å². The van der Waals surface area contributed by atoms with Gasteiger partial charge in [-0.15, -0.1) is 0 Å². The summed E-state index contributed by atoms with van der Waals surface area (Å²) < 4.78 is 10.7. The van der Waals surface area contributed by atoms with Gasteiger partial charge in [-0.05, 0) is 30.7 Å². The zero-order valence-electron chi connectivity index (χ0n) is 10.1. The predicted molar refractivity (Wildman–Crippen MR) is 64.2 cm³/mol. The summed E-state index contributed by atoms with van der Waals surface area (Å²) in [5, 5.41) is 19.0. The molecule has 0 saturated heterocycles. The number of carbonyl (C=O) groups excluding carboxylic acids is 1. The molecule has 0 aliphatic heterocycles. The number of rotatable bonds is 7. The lowest BCUT2D eigenvalue weighted by molar-refractivity contribution is -0.297. The molecule has 5 heteroatoms. The molecule has 1 aromatic carbocycles. The van der Waals surface area contributed by atoms with Crippen molar-refractivity contribution in [3.05, 3.63) is 29.8 Å². The van der Waals surface area contributed by atoms with Crippen LogP contribution in [0.1, 0.15) is 12.5 Å². The third kappa shape index (κ3) is 4.47. The van der Waals surface area contributed by atoms with E-state index in [0.29, 0.717) is 23.7 Å². The number of aliphatic hydroxyl groups is 1. The monoisotopic (exact) mass is 251 g/mol. The Hall–Kier alpha value is -2.01. The molecule has 0 fully saturated rings. The van der Waals surface area contributed by atoms with Crippen LogP contribution in [0.5, 0.6) is 11.5 Å². The van der Waals surface area contributed by atoms with Gasteiger partial charge >= 0.3 is 0 Å². The minimum Gasteiger partial charge on any atom is -0.545 e. The fourth-order valence-corrected chi connectivity index (χ4v) is 1.34. The molecular formula is C13H15O5-. The molecule has 1 N–H and O–H groups in total. The highest BCUT2D eigenvalue weighted by molar-refractivity contribution is 5.83. The van der Waals surface area contributed by atoms with Gasteiger partial charge < -0.3 is 24.5 Å². The summed E-state index contributed by atoms with van der Waals surface area (Å²) in [6.45, 7) is 2.38. The average Bonchev–Trinajstić information content (AvgIpc) is 2.35. The summed E-state index contributed by atoms with van der Waals surface area (Å²) in [6.07, 6.45) is 2.35. The van der Waals surface area contributed by atoms with E-state index in [1.807, 2.05) is 6.92 Å². The van der Waals surface area contributed by atoms with E-state index in [2.05, 4.69) is 0 Å². The molecule has 18 heavy (non-hydrogen) atoms. The van der Waals surface area contributed by atoms with Crippen molar-refractivity contribution >= 4 is 12.0 Å². The van der Waals surface area contributed by atoms with E-state index in [1.165, 1.54) is 6.08 Å². The van der Waals surface area contributed by atoms with Crippen molar-refractivity contribution in [1.29, 1.82) is 0 Å². The van der Waals surface area contributed by atoms with Crippen molar-refractivity contribution in [3.8, 4) is 11.5 Å². The van der Waals surface area contributed by atoms with Gasteiger partial charge in [-0.25, -0.2) is 0 Å². The Morgan fingerprint density at radius 1 is 1.39 bits per heavy atom. The van der Waals surface area contributed by atoms with Crippen LogP contribution in [-0.4, -0.2) is 30.9 Å². The van der Waals surface area contributed by atoms with Gasteiger partial charge in [0.25, 0.3) is 0 Å². The average molecular weight is 251 g/mol. The van der Waals surface area contributed by atoms with Crippen LogP contribution in [-0.2, 0) is 4.79 Å². The Morgan fingerprint density at radius 3 is 2.78 bits per heavy atom. The van der Waals surface area contributed by atoms with Gasteiger partial charge in [0.05, 0.1) is 19.2 Å². The Balaban J connectivity index is 2.91. The Kier molecular flexibility index (Phi) is 5.73. The standard InChI is InChI=1S/C13H16O5/c1-2-17-12-9-10(4-6-13(15)16)3-5-11(12)18-8-7-14/h3-6,9,14H,2,7-8H2,1H3,(H,15,16)/p-1/b6-4+. The van der Waals surface area contributed by atoms with E-state index < -0.39 is 5.97 Å². The molecule has 0 unspecified atom stereocenters. The fraction of sp³-hybridized carbons (Fsp3) is 0.308. The Morgan fingerprint density at radius 2 is 2.17 bits per heavy atom. The molecule has 0 aliphatic carbocycles. The third-order valence-corrected chi connectivity index (χ3v) is 2.03. The number of benzene rings is 1. The molecule has 0 heterocycles. The summed E-state index contributed by atoms with van der Waals surface area (Å²) in [5.41, 5.74) is 0.666. The van der Waals surface area contributed by atoms with Crippen LogP contribution in [0.2, 0.25) is 0 Å². The lowest BCUT2D eigenvalue weighted by Crippen LogP contribution is -2.18. The van der Waals surface area contributed by atoms with Gasteiger partial charge in [0, 0.05) is 0 Å². The van der Waals surface area contributed by atoms with Crippen molar-refractivity contribution in [2.45, 2.75) is 6.92 Å². The molecular weight excluding hydrogens is 236 g/mol. The van der Waals surface area contributed by atoms with Crippen LogP contribution in [0, 0.1) is 0 Å². The SMILES string of the molecule is CCOc1cc(/C=C/C(=O)[O-])ccc1OCCO. The smallest absolute Gasteiger partial charge is 0.161 e. The number of carboxylic acids is 1. The minimum absolute atomic E-state index is 0.0854. The van der Waals surface area contributed by atoms with Crippen LogP contribution in [0.15, 0.2) is 24.3 Å². The maximum atomic E-state index is 10.3. The number of aliphatic carboxylic acids is 1. The summed E-state index contributed by atoms with van der Waals surface area (Å²) in [7, 11) is 0. The number of hydrogen-bond acceptors (Lipinski definition) is 5. The van der Waals surface area contributed by atoms with Gasteiger partial charge in [-0.3, -0.25) is 0 Å². The fourth-order valence-electron chi connectivity index (χ4n) is 1.34. The van der Waals surface area contributed by atoms with Gasteiger partial charge in [0.2, 0.25) is 0 Å². The predicted octanol–water partition coefficient (Wildman–Crippen LogP) is 0.219. The van der Waals surface area contributed by atoms with Crippen molar-refractivity contribution in [1.82, 2.24) is 0 Å². The first-order valence-electron chi connectivity index (χ1n) is 5.57. The first-order valence-corrected chi connectivity index (χ1v) is 5.57. The quantitative estimate of drug-likeness (QED) is 0.701. The van der Waals surface area contributed by atoms with Gasteiger partial charge in [0.15, 0.2) is 11.5 Å². The van der Waals surface area contributed by atoms with Crippen molar-refractivity contribution < 1.29 is 24.5 Å². The molecule has 0 saturated carbocycles. The van der Waals surface area contributed by atoms with E-state index in [1.54, 1.807) is 18.2 Å². The zero-order chi connectivity index (χ0) is 13.4. The summed E-state index contributed by atoms with van der Waals surface area (Å²) in [5.74, 6) is -0.239. The van der Waals surface area contributed by atoms with Gasteiger partial charge in [0.1, 0.15) is 6.61 Å². The van der Waals surface area contributed by atoms with Crippen molar-refractivity contribution in [3.63, 3.8) is 0 Å². The van der Waals surface area contributed by atoms with E-state index in [9.17, 15) is 9.90 Å². The Labute approximate surface area is 105 Å². The highest BCUT2D eigenvalue weighted by Gasteiger charge is 2.05. The molecule has 0 spiro atoms. The molecule has 0 aromatic heterocycles. The first kappa shape index (κ1) is 14.1. The number of ether oxygens (including phenoxy) is 2. The Bertz CT molecular complexity index is 425. The second-order valence-corrected chi connectivity index (χ2v) is 3.36. The molecule has 0 atom stereocenters. The zero-order valence-corrected chi connectivity index (χ0v) is 10.1. The lowest BCUT2D eigenvalue weighted by Gasteiger charge is -2.11. The molecule has 0 aliphatic rings. The molecule has 5 nitrogen and oxygen atoms in total. The second-order valence-electron chi connectivity index (χ2n) is 3.36. The summed E-state index contributed by atoms with van der Waals surface area (Å²) in [4.78, 5) is 10.3. The van der Waals surface area contributed by atoms with E-state index in [0.717, 1.165) is 6.08 Å². The molecule has 0 radical (unpaired) electrons. The first-order chi connectivity index (χ1) is 8.67. The molecule has 98 valence electrons. The van der Waals surface area contributed by atoms with Gasteiger partial charge in [-0.1, -0.05) is 12.1 Å². The molecule has 1 aromatic rings. The van der Waals surface area contributed by atoms with Crippen molar-refractivity contribution in [2.24, 2.45) is 0 Å². The van der Waals surface area contributed by atoms with E-state index in [4.69, 9.17) is 14.6 Å². The largest absolute Gasteiger partial charge is 0.545 e. The van der Waals surface area contributed by atoms with Crippen LogP contribution in [0.25, 0.3) is 6.08 Å². The lowest BCUT2D eigenvalue weighted by atomic mass is 10.2. The van der Waals surface area contributed by atoms with Gasteiger partial charge in [-0.2, -0.15) is 0 Å². The van der Waals surface area contributed by atoms with Crippen molar-refractivity contribution in [2.75, 3.05) is 19.8 Å². The molecule has 0 amide bonds. The van der Waals surface area contributed by atoms with E-state index >= 15 is 0 Å². The van der Waals surface area contributed by atoms with Crippen LogP contribution in [0.3, 0.4) is 0 Å². The molecule has 1 rings (SSSR count). The molecule has 0 bridgehead atoms. The summed E-state index contributed by atoms with van der Waals surface area (Å²) in [6, 6.07) is 5.01. The maximum Gasteiger partial charge on any atom is 0.161 e. The maximum absolute atomic E-state index is 10.3. The third-order valence-electron chi connectivity index (χ3n) is 2.03. The number of aliphatic hydroxyl groups excluding tert-OH is 1. The second kappa shape index (κ2) is 7.34. The number of hydrogen-bond donors (Lipinski definition) is 1. The highest BCUT2D eigenvalue weighted by atomic mass is 16.5. The van der Waals surface area contributed by atoms with Crippen LogP contribution >= 0.6 is 0 Å². The normalized spacial score (nSPS) is 10.6. The number of carbonyl (C=O) groups is 1. The minimum atomic E-state index is -1.26. The highest BCUT2D eigenvalue weighted by Crippen LogP contribution is 2.28. The topological polar surface area (TPSA) is 78.8 Å². The number of carboxylic acid groups (broad SMARTS) is 1. The van der Waals surface area contributed by atoms with Crippen LogP contribution in [0.4, 0.5) is 0 Å². The summed E-state index contributed by atoms with van der Waals surface area (Å²) >= 11 is 0. The van der Waals surface area contributed by atoms with E-state index in [-0.39, 0.29) is 13.2 Å².